The zero-order valence-electron chi connectivity index (χ0n) is 11.5. The first-order chi connectivity index (χ1) is 10.3. The van der Waals surface area contributed by atoms with Gasteiger partial charge in [0, 0.05) is 30.9 Å². The Balaban J connectivity index is 1.99. The van der Waals surface area contributed by atoms with Crippen molar-refractivity contribution in [1.29, 1.82) is 5.26 Å². The fraction of sp³-hybridized carbons (Fsp3) is 0.176. The number of anilines is 1. The number of nitriles is 1. The minimum atomic E-state index is -0.0664. The van der Waals surface area contributed by atoms with Crippen molar-refractivity contribution in [2.45, 2.75) is 6.54 Å². The van der Waals surface area contributed by atoms with E-state index in [1.165, 1.54) is 0 Å². The van der Waals surface area contributed by atoms with Crippen molar-refractivity contribution < 1.29 is 4.79 Å². The number of rotatable bonds is 1. The van der Waals surface area contributed by atoms with Crippen LogP contribution in [0.5, 0.6) is 0 Å². The van der Waals surface area contributed by atoms with Gasteiger partial charge in [0.15, 0.2) is 0 Å². The quantitative estimate of drug-likeness (QED) is 0.870. The Kier molecular flexibility index (Phi) is 3.67. The zero-order chi connectivity index (χ0) is 14.7. The van der Waals surface area contributed by atoms with Crippen molar-refractivity contribution in [2.24, 2.45) is 0 Å². The number of benzene rings is 2. The lowest BCUT2D eigenvalue weighted by Gasteiger charge is -2.22. The molecule has 1 heterocycles. The summed E-state index contributed by atoms with van der Waals surface area (Å²) in [5.41, 5.74) is 3.10. The third-order valence-corrected chi connectivity index (χ3v) is 3.59. The second kappa shape index (κ2) is 5.78. The summed E-state index contributed by atoms with van der Waals surface area (Å²) in [5.74, 6) is -0.0664. The summed E-state index contributed by atoms with van der Waals surface area (Å²) < 4.78 is 0. The highest BCUT2D eigenvalue weighted by atomic mass is 16.2. The smallest absolute Gasteiger partial charge is 0.258 e. The van der Waals surface area contributed by atoms with E-state index >= 15 is 0 Å². The van der Waals surface area contributed by atoms with Crippen molar-refractivity contribution in [2.75, 3.05) is 18.0 Å². The summed E-state index contributed by atoms with van der Waals surface area (Å²) in [6, 6.07) is 16.8. The van der Waals surface area contributed by atoms with Gasteiger partial charge in [-0.25, -0.2) is 0 Å². The Bertz CT molecular complexity index is 718. The predicted molar refractivity (Wildman–Crippen MR) is 81.0 cm³/mol. The average Bonchev–Trinajstić information content (AvgIpc) is 2.76. The molecule has 0 bridgehead atoms. The average molecular weight is 277 g/mol. The largest absolute Gasteiger partial charge is 0.311 e. The van der Waals surface area contributed by atoms with Crippen molar-refractivity contribution in [3.63, 3.8) is 0 Å². The first-order valence-electron chi connectivity index (χ1n) is 6.90. The molecule has 2 aromatic carbocycles. The summed E-state index contributed by atoms with van der Waals surface area (Å²) >= 11 is 0. The molecule has 1 N–H and O–H groups in total. The van der Waals surface area contributed by atoms with Gasteiger partial charge in [-0.3, -0.25) is 4.79 Å². The summed E-state index contributed by atoms with van der Waals surface area (Å²) in [6.07, 6.45) is 0. The third-order valence-electron chi connectivity index (χ3n) is 3.59. The van der Waals surface area contributed by atoms with Crippen LogP contribution in [0.3, 0.4) is 0 Å². The Morgan fingerprint density at radius 1 is 1.19 bits per heavy atom. The van der Waals surface area contributed by atoms with Gasteiger partial charge < -0.3 is 10.2 Å². The SMILES string of the molecule is N#Cc1cccc(C(=O)N2CCNCc3ccccc32)c1. The van der Waals surface area contributed by atoms with Gasteiger partial charge in [-0.2, -0.15) is 5.26 Å². The molecule has 1 aliphatic heterocycles. The first kappa shape index (κ1) is 13.3. The summed E-state index contributed by atoms with van der Waals surface area (Å²) in [7, 11) is 0. The molecule has 0 saturated heterocycles. The van der Waals surface area contributed by atoms with Crippen molar-refractivity contribution >= 4 is 11.6 Å². The molecule has 1 aliphatic rings. The van der Waals surface area contributed by atoms with Crippen molar-refractivity contribution in [1.82, 2.24) is 5.32 Å². The van der Waals surface area contributed by atoms with Crippen LogP contribution in [0.1, 0.15) is 21.5 Å². The van der Waals surface area contributed by atoms with E-state index in [2.05, 4.69) is 11.4 Å². The van der Waals surface area contributed by atoms with E-state index in [0.29, 0.717) is 17.7 Å². The molecular weight excluding hydrogens is 262 g/mol. The molecule has 0 fully saturated rings. The second-order valence-electron chi connectivity index (χ2n) is 4.95. The molecule has 0 radical (unpaired) electrons. The molecule has 1 amide bonds. The number of carbonyl (C=O) groups excluding carboxylic acids is 1. The van der Waals surface area contributed by atoms with Crippen LogP contribution < -0.4 is 10.2 Å². The first-order valence-corrected chi connectivity index (χ1v) is 6.90. The molecule has 3 rings (SSSR count). The number of hydrogen-bond donors (Lipinski definition) is 1. The van der Waals surface area contributed by atoms with E-state index < -0.39 is 0 Å². The molecule has 0 spiro atoms. The molecule has 2 aromatic rings. The predicted octanol–water partition coefficient (Wildman–Crippen LogP) is 2.31. The lowest BCUT2D eigenvalue weighted by atomic mass is 10.1. The maximum absolute atomic E-state index is 12.8. The standard InChI is InChI=1S/C17H15N3O/c18-11-13-4-3-6-14(10-13)17(21)20-9-8-19-12-15-5-1-2-7-16(15)20/h1-7,10,19H,8-9,12H2. The molecule has 4 heteroatoms. The van der Waals surface area contributed by atoms with Crippen LogP contribution in [-0.2, 0) is 6.54 Å². The monoisotopic (exact) mass is 277 g/mol. The molecule has 0 saturated carbocycles. The summed E-state index contributed by atoms with van der Waals surface area (Å²) in [6.45, 7) is 2.13. The van der Waals surface area contributed by atoms with Gasteiger partial charge in [0.25, 0.3) is 5.91 Å². The van der Waals surface area contributed by atoms with E-state index in [9.17, 15) is 4.79 Å². The van der Waals surface area contributed by atoms with Crippen LogP contribution >= 0.6 is 0 Å². The van der Waals surface area contributed by atoms with Gasteiger partial charge in [-0.1, -0.05) is 24.3 Å². The number of hydrogen-bond acceptors (Lipinski definition) is 3. The zero-order valence-corrected chi connectivity index (χ0v) is 11.5. The van der Waals surface area contributed by atoms with E-state index in [-0.39, 0.29) is 5.91 Å². The van der Waals surface area contributed by atoms with Gasteiger partial charge >= 0.3 is 0 Å². The van der Waals surface area contributed by atoms with Crippen LogP contribution in [-0.4, -0.2) is 19.0 Å². The second-order valence-corrected chi connectivity index (χ2v) is 4.95. The summed E-state index contributed by atoms with van der Waals surface area (Å²) in [5, 5.41) is 12.3. The number of fused-ring (bicyclic) bond motifs is 1. The minimum Gasteiger partial charge on any atom is -0.311 e. The maximum Gasteiger partial charge on any atom is 0.258 e. The topological polar surface area (TPSA) is 56.1 Å². The van der Waals surface area contributed by atoms with Crippen molar-refractivity contribution in [3.8, 4) is 6.07 Å². The van der Waals surface area contributed by atoms with Gasteiger partial charge in [-0.15, -0.1) is 0 Å². The summed E-state index contributed by atoms with van der Waals surface area (Å²) in [4.78, 5) is 14.6. The number of carbonyl (C=O) groups is 1. The number of nitrogens with zero attached hydrogens (tertiary/aromatic N) is 2. The Morgan fingerprint density at radius 3 is 2.90 bits per heavy atom. The Morgan fingerprint density at radius 2 is 2.05 bits per heavy atom. The molecule has 0 aromatic heterocycles. The molecule has 0 atom stereocenters. The molecule has 0 aliphatic carbocycles. The van der Waals surface area contributed by atoms with Gasteiger partial charge in [0.05, 0.1) is 11.6 Å². The Labute approximate surface area is 123 Å². The maximum atomic E-state index is 12.8. The van der Waals surface area contributed by atoms with Gasteiger partial charge in [0.2, 0.25) is 0 Å². The normalized spacial score (nSPS) is 14.0. The minimum absolute atomic E-state index is 0.0664. The lowest BCUT2D eigenvalue weighted by Crippen LogP contribution is -2.34. The van der Waals surface area contributed by atoms with Crippen LogP contribution in [0, 0.1) is 11.3 Å². The van der Waals surface area contributed by atoms with Gasteiger partial charge in [0.1, 0.15) is 0 Å². The molecule has 4 nitrogen and oxygen atoms in total. The van der Waals surface area contributed by atoms with Crippen LogP contribution in [0.15, 0.2) is 48.5 Å². The fourth-order valence-corrected chi connectivity index (χ4v) is 2.55. The van der Waals surface area contributed by atoms with Gasteiger partial charge in [-0.05, 0) is 29.8 Å². The van der Waals surface area contributed by atoms with Crippen LogP contribution in [0.2, 0.25) is 0 Å². The molecule has 104 valence electrons. The highest BCUT2D eigenvalue weighted by Gasteiger charge is 2.21. The van der Waals surface area contributed by atoms with E-state index in [0.717, 1.165) is 24.3 Å². The fourth-order valence-electron chi connectivity index (χ4n) is 2.55. The van der Waals surface area contributed by atoms with Crippen LogP contribution in [0.4, 0.5) is 5.69 Å². The third kappa shape index (κ3) is 2.64. The van der Waals surface area contributed by atoms with Crippen LogP contribution in [0.25, 0.3) is 0 Å². The molecule has 21 heavy (non-hydrogen) atoms. The highest BCUT2D eigenvalue weighted by Crippen LogP contribution is 2.24. The van der Waals surface area contributed by atoms with Crippen molar-refractivity contribution in [3.05, 3.63) is 65.2 Å². The van der Waals surface area contributed by atoms with E-state index in [1.807, 2.05) is 24.3 Å². The lowest BCUT2D eigenvalue weighted by molar-refractivity contribution is 0.0987. The number of amides is 1. The number of nitrogens with one attached hydrogen (secondary N) is 1. The number of para-hydroxylation sites is 1. The Hall–Kier alpha value is -2.64. The molecular formula is C17H15N3O. The van der Waals surface area contributed by atoms with E-state index in [4.69, 9.17) is 5.26 Å². The highest BCUT2D eigenvalue weighted by molar-refractivity contribution is 6.06. The van der Waals surface area contributed by atoms with E-state index in [1.54, 1.807) is 29.2 Å². The molecule has 0 unspecified atom stereocenters.